The number of carbonyl (C=O) groups is 1. The van der Waals surface area contributed by atoms with E-state index in [1.165, 1.54) is 36.9 Å². The van der Waals surface area contributed by atoms with Crippen LogP contribution in [0.15, 0.2) is 54.6 Å². The maximum atomic E-state index is 12.2. The Kier molecular flexibility index (Phi) is 8.19. The SMILES string of the molecule is O=C(Nc1ccc(CCCCCCNc2ccccc2)cc1)N1CCNCC1. The van der Waals surface area contributed by atoms with Crippen LogP contribution in [0.4, 0.5) is 16.2 Å². The lowest BCUT2D eigenvalue weighted by molar-refractivity contribution is 0.204. The van der Waals surface area contributed by atoms with Gasteiger partial charge in [0.25, 0.3) is 0 Å². The molecule has 1 saturated heterocycles. The van der Waals surface area contributed by atoms with Gasteiger partial charge in [-0.25, -0.2) is 4.79 Å². The van der Waals surface area contributed by atoms with Gasteiger partial charge in [-0.2, -0.15) is 0 Å². The zero-order valence-corrected chi connectivity index (χ0v) is 16.6. The molecule has 3 rings (SSSR count). The maximum Gasteiger partial charge on any atom is 0.321 e. The monoisotopic (exact) mass is 380 g/mol. The number of hydrogen-bond acceptors (Lipinski definition) is 3. The molecule has 5 heteroatoms. The Balaban J connectivity index is 1.27. The number of anilines is 2. The molecule has 5 nitrogen and oxygen atoms in total. The quantitative estimate of drug-likeness (QED) is 0.567. The van der Waals surface area contributed by atoms with E-state index in [2.05, 4.69) is 52.3 Å². The zero-order chi connectivity index (χ0) is 19.4. The molecule has 0 saturated carbocycles. The summed E-state index contributed by atoms with van der Waals surface area (Å²) in [6, 6.07) is 18.7. The van der Waals surface area contributed by atoms with E-state index < -0.39 is 0 Å². The molecule has 150 valence electrons. The summed E-state index contributed by atoms with van der Waals surface area (Å²) in [6.45, 7) is 4.31. The van der Waals surface area contributed by atoms with E-state index in [9.17, 15) is 4.79 Å². The van der Waals surface area contributed by atoms with E-state index >= 15 is 0 Å². The van der Waals surface area contributed by atoms with Crippen LogP contribution in [-0.4, -0.2) is 43.7 Å². The Labute approximate surface area is 168 Å². The topological polar surface area (TPSA) is 56.4 Å². The van der Waals surface area contributed by atoms with E-state index in [0.717, 1.165) is 44.8 Å². The molecule has 0 spiro atoms. The highest BCUT2D eigenvalue weighted by Crippen LogP contribution is 2.14. The van der Waals surface area contributed by atoms with Crippen molar-refractivity contribution in [3.8, 4) is 0 Å². The second-order valence-corrected chi connectivity index (χ2v) is 7.32. The summed E-state index contributed by atoms with van der Waals surface area (Å²) >= 11 is 0. The van der Waals surface area contributed by atoms with Gasteiger partial charge in [0.05, 0.1) is 0 Å². The Morgan fingerprint density at radius 2 is 1.57 bits per heavy atom. The number of nitrogens with one attached hydrogen (secondary N) is 3. The summed E-state index contributed by atoms with van der Waals surface area (Å²) in [7, 11) is 0. The first-order valence-corrected chi connectivity index (χ1v) is 10.5. The molecule has 1 heterocycles. The van der Waals surface area contributed by atoms with Gasteiger partial charge >= 0.3 is 6.03 Å². The van der Waals surface area contributed by atoms with Crippen molar-refractivity contribution in [1.29, 1.82) is 0 Å². The van der Waals surface area contributed by atoms with Crippen molar-refractivity contribution in [2.45, 2.75) is 32.1 Å². The van der Waals surface area contributed by atoms with E-state index in [1.54, 1.807) is 0 Å². The second kappa shape index (κ2) is 11.3. The average Bonchev–Trinajstić information content (AvgIpc) is 2.75. The molecule has 28 heavy (non-hydrogen) atoms. The van der Waals surface area contributed by atoms with Gasteiger partial charge in [-0.15, -0.1) is 0 Å². The molecule has 0 unspecified atom stereocenters. The Morgan fingerprint density at radius 1 is 0.857 bits per heavy atom. The van der Waals surface area contributed by atoms with E-state index in [1.807, 2.05) is 23.1 Å². The van der Waals surface area contributed by atoms with Crippen LogP contribution >= 0.6 is 0 Å². The summed E-state index contributed by atoms with van der Waals surface area (Å²) < 4.78 is 0. The Morgan fingerprint density at radius 3 is 2.32 bits per heavy atom. The fourth-order valence-corrected chi connectivity index (χ4v) is 3.42. The lowest BCUT2D eigenvalue weighted by Gasteiger charge is -2.27. The minimum absolute atomic E-state index is 0.00152. The third-order valence-electron chi connectivity index (χ3n) is 5.10. The van der Waals surface area contributed by atoms with Gasteiger partial charge < -0.3 is 20.9 Å². The molecule has 0 radical (unpaired) electrons. The number of nitrogens with zero attached hydrogens (tertiary/aromatic N) is 1. The number of benzene rings is 2. The lowest BCUT2D eigenvalue weighted by atomic mass is 10.1. The summed E-state index contributed by atoms with van der Waals surface area (Å²) in [6.07, 6.45) is 6.00. The van der Waals surface area contributed by atoms with Crippen LogP contribution in [0, 0.1) is 0 Å². The summed E-state index contributed by atoms with van der Waals surface area (Å²) in [4.78, 5) is 14.1. The van der Waals surface area contributed by atoms with Gasteiger partial charge in [-0.05, 0) is 49.1 Å². The fraction of sp³-hybridized carbons (Fsp3) is 0.435. The molecule has 0 atom stereocenters. The van der Waals surface area contributed by atoms with Crippen molar-refractivity contribution < 1.29 is 4.79 Å². The van der Waals surface area contributed by atoms with Crippen LogP contribution in [0.25, 0.3) is 0 Å². The van der Waals surface area contributed by atoms with Gasteiger partial charge in [-0.1, -0.05) is 43.2 Å². The van der Waals surface area contributed by atoms with Crippen molar-refractivity contribution >= 4 is 17.4 Å². The van der Waals surface area contributed by atoms with Crippen LogP contribution in [-0.2, 0) is 6.42 Å². The summed E-state index contributed by atoms with van der Waals surface area (Å²) in [5.41, 5.74) is 3.41. The molecule has 0 aliphatic carbocycles. The number of hydrogen-bond donors (Lipinski definition) is 3. The minimum Gasteiger partial charge on any atom is -0.385 e. The van der Waals surface area contributed by atoms with Gasteiger partial charge in [0.2, 0.25) is 0 Å². The highest BCUT2D eigenvalue weighted by molar-refractivity contribution is 5.89. The average molecular weight is 381 g/mol. The van der Waals surface area contributed by atoms with E-state index in [4.69, 9.17) is 0 Å². The largest absolute Gasteiger partial charge is 0.385 e. The molecular weight excluding hydrogens is 348 g/mol. The fourth-order valence-electron chi connectivity index (χ4n) is 3.42. The predicted octanol–water partition coefficient (Wildman–Crippen LogP) is 4.34. The summed E-state index contributed by atoms with van der Waals surface area (Å²) in [5.74, 6) is 0. The van der Waals surface area contributed by atoms with Gasteiger partial charge in [0.15, 0.2) is 0 Å². The lowest BCUT2D eigenvalue weighted by Crippen LogP contribution is -2.48. The summed E-state index contributed by atoms with van der Waals surface area (Å²) in [5, 5.41) is 9.71. The molecule has 2 aromatic carbocycles. The smallest absolute Gasteiger partial charge is 0.321 e. The number of aryl methyl sites for hydroxylation is 1. The predicted molar refractivity (Wildman–Crippen MR) is 117 cm³/mol. The molecule has 1 fully saturated rings. The van der Waals surface area contributed by atoms with Gasteiger partial charge in [0, 0.05) is 44.1 Å². The van der Waals surface area contributed by atoms with Gasteiger partial charge in [-0.3, -0.25) is 0 Å². The first-order valence-electron chi connectivity index (χ1n) is 10.5. The number of unbranched alkanes of at least 4 members (excludes halogenated alkanes) is 3. The number of urea groups is 1. The molecule has 2 aromatic rings. The molecular formula is C23H32N4O. The number of rotatable bonds is 9. The molecule has 0 aromatic heterocycles. The van der Waals surface area contributed by atoms with Crippen molar-refractivity contribution in [2.24, 2.45) is 0 Å². The first-order chi connectivity index (χ1) is 13.8. The van der Waals surface area contributed by atoms with Crippen molar-refractivity contribution in [3.63, 3.8) is 0 Å². The minimum atomic E-state index is -0.00152. The number of piperazine rings is 1. The number of amides is 2. The van der Waals surface area contributed by atoms with Gasteiger partial charge in [0.1, 0.15) is 0 Å². The van der Waals surface area contributed by atoms with Crippen LogP contribution in [0.3, 0.4) is 0 Å². The van der Waals surface area contributed by atoms with Crippen LogP contribution in [0.5, 0.6) is 0 Å². The van der Waals surface area contributed by atoms with E-state index in [0.29, 0.717) is 0 Å². The standard InChI is InChI=1S/C23H32N4O/c28-23(27-18-16-24-17-19-27)26-22-13-11-20(12-14-22)8-4-1-2-7-15-25-21-9-5-3-6-10-21/h3,5-6,9-14,24-25H,1-2,4,7-8,15-19H2,(H,26,28). The van der Waals surface area contributed by atoms with E-state index in [-0.39, 0.29) is 6.03 Å². The van der Waals surface area contributed by atoms with Crippen molar-refractivity contribution in [3.05, 3.63) is 60.2 Å². The molecule has 3 N–H and O–H groups in total. The zero-order valence-electron chi connectivity index (χ0n) is 16.6. The van der Waals surface area contributed by atoms with Crippen LogP contribution in [0.2, 0.25) is 0 Å². The van der Waals surface area contributed by atoms with Crippen LogP contribution in [0.1, 0.15) is 31.2 Å². The number of para-hydroxylation sites is 1. The molecule has 2 amide bonds. The normalized spacial score (nSPS) is 13.9. The third kappa shape index (κ3) is 6.89. The molecule has 1 aliphatic heterocycles. The van der Waals surface area contributed by atoms with Crippen molar-refractivity contribution in [2.75, 3.05) is 43.4 Å². The van der Waals surface area contributed by atoms with Crippen LogP contribution < -0.4 is 16.0 Å². The Hall–Kier alpha value is -2.53. The second-order valence-electron chi connectivity index (χ2n) is 7.32. The maximum absolute atomic E-state index is 12.2. The Bertz CT molecular complexity index is 696. The highest BCUT2D eigenvalue weighted by Gasteiger charge is 2.15. The number of carbonyl (C=O) groups excluding carboxylic acids is 1. The molecule has 1 aliphatic rings. The first kappa shape index (κ1) is 20.2. The third-order valence-corrected chi connectivity index (χ3v) is 5.10. The highest BCUT2D eigenvalue weighted by atomic mass is 16.2. The molecule has 0 bridgehead atoms. The van der Waals surface area contributed by atoms with Crippen molar-refractivity contribution in [1.82, 2.24) is 10.2 Å².